The molecule has 5 nitrogen and oxygen atoms in total. The predicted molar refractivity (Wildman–Crippen MR) is 52.4 cm³/mol. The van der Waals surface area contributed by atoms with E-state index in [0.717, 1.165) is 0 Å². The second-order valence-electron chi connectivity index (χ2n) is 4.01. The van der Waals surface area contributed by atoms with Crippen molar-refractivity contribution in [3.63, 3.8) is 0 Å². The highest BCUT2D eigenvalue weighted by Gasteiger charge is 2.21. The average molecular weight is 199 g/mol. The molecule has 0 unspecified atom stereocenters. The molecule has 0 aliphatic carbocycles. The van der Waals surface area contributed by atoms with Gasteiger partial charge in [0.2, 0.25) is 5.91 Å². The standard InChI is InChI=1S/C9H17N3O2/c1-9(2,3)12-8(14)7(6-13)11-5-4-10/h7,11,13H,5-6H2,1-3H3,(H,12,14)/t7-/m0/s1. The number of hydrogen-bond acceptors (Lipinski definition) is 4. The Morgan fingerprint density at radius 2 is 2.14 bits per heavy atom. The third-order valence-corrected chi connectivity index (χ3v) is 1.42. The Bertz CT molecular complexity index is 227. The first kappa shape index (κ1) is 12.9. The fraction of sp³-hybridized carbons (Fsp3) is 0.778. The maximum atomic E-state index is 11.5. The van der Waals surface area contributed by atoms with Crippen LogP contribution < -0.4 is 10.6 Å². The van der Waals surface area contributed by atoms with Gasteiger partial charge in [-0.2, -0.15) is 5.26 Å². The van der Waals surface area contributed by atoms with Crippen LogP contribution in [0.15, 0.2) is 0 Å². The van der Waals surface area contributed by atoms with E-state index in [9.17, 15) is 4.79 Å². The van der Waals surface area contributed by atoms with Gasteiger partial charge in [-0.15, -0.1) is 0 Å². The smallest absolute Gasteiger partial charge is 0.239 e. The highest BCUT2D eigenvalue weighted by atomic mass is 16.3. The Hall–Kier alpha value is -1.12. The molecule has 0 aromatic carbocycles. The van der Waals surface area contributed by atoms with E-state index in [2.05, 4.69) is 10.6 Å². The number of nitrogens with zero attached hydrogens (tertiary/aromatic N) is 1. The van der Waals surface area contributed by atoms with Crippen LogP contribution in [0.1, 0.15) is 20.8 Å². The lowest BCUT2D eigenvalue weighted by Gasteiger charge is -2.24. The molecule has 80 valence electrons. The van der Waals surface area contributed by atoms with E-state index in [4.69, 9.17) is 10.4 Å². The van der Waals surface area contributed by atoms with Crippen molar-refractivity contribution in [1.82, 2.24) is 10.6 Å². The van der Waals surface area contributed by atoms with Crippen LogP contribution in [0.5, 0.6) is 0 Å². The summed E-state index contributed by atoms with van der Waals surface area (Å²) in [7, 11) is 0. The number of amides is 1. The van der Waals surface area contributed by atoms with Gasteiger partial charge < -0.3 is 10.4 Å². The lowest BCUT2D eigenvalue weighted by molar-refractivity contribution is -0.125. The molecule has 0 aliphatic rings. The molecule has 1 atom stereocenters. The van der Waals surface area contributed by atoms with Gasteiger partial charge in [0.1, 0.15) is 6.04 Å². The molecule has 5 heteroatoms. The Labute approximate surface area is 84.1 Å². The third-order valence-electron chi connectivity index (χ3n) is 1.42. The molecular formula is C9H17N3O2. The zero-order valence-corrected chi connectivity index (χ0v) is 8.79. The minimum Gasteiger partial charge on any atom is -0.394 e. The van der Waals surface area contributed by atoms with E-state index < -0.39 is 6.04 Å². The van der Waals surface area contributed by atoms with Crippen molar-refractivity contribution in [2.24, 2.45) is 0 Å². The zero-order valence-electron chi connectivity index (χ0n) is 8.79. The van der Waals surface area contributed by atoms with Crippen LogP contribution in [0, 0.1) is 11.3 Å². The molecule has 14 heavy (non-hydrogen) atoms. The molecule has 0 fully saturated rings. The molecule has 0 bridgehead atoms. The Morgan fingerprint density at radius 3 is 2.50 bits per heavy atom. The molecule has 0 spiro atoms. The molecule has 0 aliphatic heterocycles. The van der Waals surface area contributed by atoms with Crippen LogP contribution in [0.3, 0.4) is 0 Å². The van der Waals surface area contributed by atoms with Crippen molar-refractivity contribution in [2.45, 2.75) is 32.4 Å². The van der Waals surface area contributed by atoms with Crippen LogP contribution >= 0.6 is 0 Å². The monoisotopic (exact) mass is 199 g/mol. The summed E-state index contributed by atoms with van der Waals surface area (Å²) in [6, 6.07) is 1.13. The van der Waals surface area contributed by atoms with Gasteiger partial charge in [-0.1, -0.05) is 0 Å². The normalized spacial score (nSPS) is 13.1. The number of nitrogens with one attached hydrogen (secondary N) is 2. The van der Waals surface area contributed by atoms with Crippen molar-refractivity contribution in [1.29, 1.82) is 5.26 Å². The topological polar surface area (TPSA) is 85.2 Å². The SMILES string of the molecule is CC(C)(C)NC(=O)[C@H](CO)NCC#N. The van der Waals surface area contributed by atoms with Crippen LogP contribution in [-0.4, -0.2) is 35.7 Å². The molecular weight excluding hydrogens is 182 g/mol. The van der Waals surface area contributed by atoms with Crippen LogP contribution in [0.2, 0.25) is 0 Å². The summed E-state index contributed by atoms with van der Waals surface area (Å²) >= 11 is 0. The van der Waals surface area contributed by atoms with Gasteiger partial charge in [-0.25, -0.2) is 0 Å². The quantitative estimate of drug-likeness (QED) is 0.526. The average Bonchev–Trinajstić information content (AvgIpc) is 2.02. The number of rotatable bonds is 4. The number of aliphatic hydroxyl groups is 1. The second-order valence-corrected chi connectivity index (χ2v) is 4.01. The Balaban J connectivity index is 4.12. The van der Waals surface area contributed by atoms with E-state index in [1.54, 1.807) is 0 Å². The van der Waals surface area contributed by atoms with E-state index in [-0.39, 0.29) is 24.6 Å². The van der Waals surface area contributed by atoms with Crippen molar-refractivity contribution in [3.05, 3.63) is 0 Å². The maximum absolute atomic E-state index is 11.5. The summed E-state index contributed by atoms with van der Waals surface area (Å²) in [6.07, 6.45) is 0. The van der Waals surface area contributed by atoms with Crippen molar-refractivity contribution >= 4 is 5.91 Å². The molecule has 3 N–H and O–H groups in total. The lowest BCUT2D eigenvalue weighted by Crippen LogP contribution is -2.52. The minimum absolute atomic E-state index is 0.0444. The fourth-order valence-corrected chi connectivity index (χ4v) is 0.866. The zero-order chi connectivity index (χ0) is 11.2. The van der Waals surface area contributed by atoms with Crippen molar-refractivity contribution in [3.8, 4) is 6.07 Å². The van der Waals surface area contributed by atoms with Gasteiger partial charge in [-0.3, -0.25) is 10.1 Å². The first-order valence-electron chi connectivity index (χ1n) is 4.44. The van der Waals surface area contributed by atoms with Gasteiger partial charge in [-0.05, 0) is 20.8 Å². The number of carbonyl (C=O) groups is 1. The number of aliphatic hydroxyl groups excluding tert-OH is 1. The van der Waals surface area contributed by atoms with Crippen LogP contribution in [-0.2, 0) is 4.79 Å². The first-order chi connectivity index (χ1) is 6.40. The molecule has 0 radical (unpaired) electrons. The molecule has 0 heterocycles. The molecule has 0 rings (SSSR count). The summed E-state index contributed by atoms with van der Waals surface area (Å²) in [4.78, 5) is 11.5. The Kier molecular flexibility index (Phi) is 5.13. The third kappa shape index (κ3) is 5.51. The van der Waals surface area contributed by atoms with E-state index in [1.165, 1.54) is 0 Å². The van der Waals surface area contributed by atoms with Gasteiger partial charge in [0, 0.05) is 5.54 Å². The largest absolute Gasteiger partial charge is 0.394 e. The maximum Gasteiger partial charge on any atom is 0.239 e. The summed E-state index contributed by atoms with van der Waals surface area (Å²) in [5.74, 6) is -0.296. The van der Waals surface area contributed by atoms with Crippen LogP contribution in [0.25, 0.3) is 0 Å². The molecule has 0 saturated heterocycles. The fourth-order valence-electron chi connectivity index (χ4n) is 0.866. The molecule has 1 amide bonds. The predicted octanol–water partition coefficient (Wildman–Crippen LogP) is -0.625. The minimum atomic E-state index is -0.714. The molecule has 0 saturated carbocycles. The molecule has 0 aromatic rings. The van der Waals surface area contributed by atoms with Gasteiger partial charge >= 0.3 is 0 Å². The summed E-state index contributed by atoms with van der Waals surface area (Å²) in [6.45, 7) is 5.28. The second kappa shape index (κ2) is 5.58. The highest BCUT2D eigenvalue weighted by Crippen LogP contribution is 1.99. The van der Waals surface area contributed by atoms with E-state index in [1.807, 2.05) is 26.8 Å². The Morgan fingerprint density at radius 1 is 1.57 bits per heavy atom. The summed E-state index contributed by atoms with van der Waals surface area (Å²) < 4.78 is 0. The van der Waals surface area contributed by atoms with E-state index >= 15 is 0 Å². The first-order valence-corrected chi connectivity index (χ1v) is 4.44. The molecule has 0 aromatic heterocycles. The van der Waals surface area contributed by atoms with Gasteiger partial charge in [0.25, 0.3) is 0 Å². The van der Waals surface area contributed by atoms with Gasteiger partial charge in [0.15, 0.2) is 0 Å². The van der Waals surface area contributed by atoms with Crippen molar-refractivity contribution < 1.29 is 9.90 Å². The lowest BCUT2D eigenvalue weighted by atomic mass is 10.1. The van der Waals surface area contributed by atoms with Gasteiger partial charge in [0.05, 0.1) is 19.2 Å². The number of carbonyl (C=O) groups excluding carboxylic acids is 1. The number of nitriles is 1. The summed E-state index contributed by atoms with van der Waals surface area (Å²) in [5.41, 5.74) is -0.334. The van der Waals surface area contributed by atoms with Crippen LogP contribution in [0.4, 0.5) is 0 Å². The summed E-state index contributed by atoms with van der Waals surface area (Å²) in [5, 5.41) is 22.5. The highest BCUT2D eigenvalue weighted by molar-refractivity contribution is 5.82. The number of hydrogen-bond donors (Lipinski definition) is 3. The van der Waals surface area contributed by atoms with E-state index in [0.29, 0.717) is 0 Å². The van der Waals surface area contributed by atoms with Crippen molar-refractivity contribution in [2.75, 3.05) is 13.2 Å².